The van der Waals surface area contributed by atoms with Crippen molar-refractivity contribution >= 4 is 34.0 Å². The molecule has 3 rings (SSSR count). The number of esters is 1. The van der Waals surface area contributed by atoms with Crippen molar-refractivity contribution in [3.05, 3.63) is 29.8 Å². The van der Waals surface area contributed by atoms with Gasteiger partial charge in [0.1, 0.15) is 16.9 Å². The number of carbonyl (C=O) groups is 1. The molecular formula is C20H26N4O2. The Bertz CT molecular complexity index is 932. The summed E-state index contributed by atoms with van der Waals surface area (Å²) in [4.78, 5) is 22.2. The zero-order chi connectivity index (χ0) is 18.7. The molecule has 1 unspecified atom stereocenters. The van der Waals surface area contributed by atoms with Crippen LogP contribution in [0.4, 0.5) is 5.82 Å². The summed E-state index contributed by atoms with van der Waals surface area (Å²) in [5.74, 6) is -0.0413. The zero-order valence-electron chi connectivity index (χ0n) is 15.7. The van der Waals surface area contributed by atoms with E-state index >= 15 is 0 Å². The standard InChI is InChI=1S/C20H26N4O2/c1-4-6-9-12-24-18(21)16(20(25)26-13(3)5-2)17-19(24)23-15-11-8-7-10-14(15)22-17/h7-8,10-11,13H,4-6,9,12,21H2,1-3H3. The first-order chi connectivity index (χ1) is 12.6. The van der Waals surface area contributed by atoms with Gasteiger partial charge in [0.2, 0.25) is 0 Å². The van der Waals surface area contributed by atoms with Gasteiger partial charge in [-0.25, -0.2) is 14.8 Å². The van der Waals surface area contributed by atoms with E-state index in [1.165, 1.54) is 0 Å². The Labute approximate surface area is 153 Å². The third kappa shape index (κ3) is 3.36. The minimum absolute atomic E-state index is 0.172. The smallest absolute Gasteiger partial charge is 0.344 e. The predicted molar refractivity (Wildman–Crippen MR) is 104 cm³/mol. The van der Waals surface area contributed by atoms with Crippen molar-refractivity contribution in [2.75, 3.05) is 5.73 Å². The van der Waals surface area contributed by atoms with Crippen molar-refractivity contribution in [1.29, 1.82) is 0 Å². The summed E-state index contributed by atoms with van der Waals surface area (Å²) in [6.45, 7) is 6.71. The molecule has 26 heavy (non-hydrogen) atoms. The van der Waals surface area contributed by atoms with E-state index in [0.717, 1.165) is 36.7 Å². The van der Waals surface area contributed by atoms with Crippen LogP contribution in [0, 0.1) is 0 Å². The molecule has 0 fully saturated rings. The average Bonchev–Trinajstić information content (AvgIpc) is 2.91. The van der Waals surface area contributed by atoms with Crippen molar-refractivity contribution in [2.24, 2.45) is 0 Å². The Hall–Kier alpha value is -2.63. The van der Waals surface area contributed by atoms with Gasteiger partial charge >= 0.3 is 5.97 Å². The fourth-order valence-electron chi connectivity index (χ4n) is 2.99. The number of ether oxygens (including phenoxy) is 1. The van der Waals surface area contributed by atoms with E-state index in [0.29, 0.717) is 29.1 Å². The van der Waals surface area contributed by atoms with Gasteiger partial charge in [0.15, 0.2) is 5.65 Å². The number of hydrogen-bond donors (Lipinski definition) is 1. The summed E-state index contributed by atoms with van der Waals surface area (Å²) in [6.07, 6.45) is 3.74. The van der Waals surface area contributed by atoms with Crippen LogP contribution in [0.2, 0.25) is 0 Å². The molecule has 0 aliphatic rings. The summed E-state index contributed by atoms with van der Waals surface area (Å²) in [5.41, 5.74) is 9.38. The van der Waals surface area contributed by atoms with Crippen LogP contribution in [-0.4, -0.2) is 26.6 Å². The maximum atomic E-state index is 12.7. The van der Waals surface area contributed by atoms with Gasteiger partial charge in [-0.1, -0.05) is 38.8 Å². The van der Waals surface area contributed by atoms with Crippen molar-refractivity contribution in [3.63, 3.8) is 0 Å². The molecule has 0 spiro atoms. The molecule has 138 valence electrons. The van der Waals surface area contributed by atoms with Gasteiger partial charge in [0.05, 0.1) is 17.1 Å². The second-order valence-electron chi connectivity index (χ2n) is 6.63. The Morgan fingerprint density at radius 3 is 2.54 bits per heavy atom. The number of aromatic nitrogens is 3. The van der Waals surface area contributed by atoms with Gasteiger partial charge in [-0.05, 0) is 31.9 Å². The molecule has 0 bridgehead atoms. The molecule has 1 aromatic carbocycles. The third-order valence-corrected chi connectivity index (χ3v) is 4.66. The quantitative estimate of drug-likeness (QED) is 0.505. The van der Waals surface area contributed by atoms with Gasteiger partial charge in [-0.3, -0.25) is 0 Å². The van der Waals surface area contributed by atoms with E-state index in [-0.39, 0.29) is 6.10 Å². The van der Waals surface area contributed by atoms with Crippen molar-refractivity contribution in [1.82, 2.24) is 14.5 Å². The first kappa shape index (κ1) is 18.2. The number of para-hydroxylation sites is 2. The Kier molecular flexibility index (Phi) is 5.40. The minimum atomic E-state index is -0.430. The van der Waals surface area contributed by atoms with E-state index < -0.39 is 5.97 Å². The van der Waals surface area contributed by atoms with E-state index in [4.69, 9.17) is 15.5 Å². The van der Waals surface area contributed by atoms with Crippen LogP contribution in [0.15, 0.2) is 24.3 Å². The maximum absolute atomic E-state index is 12.7. The fraction of sp³-hybridized carbons (Fsp3) is 0.450. The molecule has 0 radical (unpaired) electrons. The number of benzene rings is 1. The largest absolute Gasteiger partial charge is 0.459 e. The molecule has 0 saturated carbocycles. The molecule has 6 heteroatoms. The Morgan fingerprint density at radius 2 is 1.88 bits per heavy atom. The van der Waals surface area contributed by atoms with Crippen molar-refractivity contribution in [2.45, 2.75) is 59.1 Å². The monoisotopic (exact) mass is 354 g/mol. The maximum Gasteiger partial charge on any atom is 0.344 e. The molecule has 2 N–H and O–H groups in total. The lowest BCUT2D eigenvalue weighted by molar-refractivity contribution is 0.0338. The molecule has 0 aliphatic carbocycles. The second kappa shape index (κ2) is 7.72. The normalized spacial score (nSPS) is 12.6. The highest BCUT2D eigenvalue weighted by atomic mass is 16.5. The van der Waals surface area contributed by atoms with Crippen LogP contribution >= 0.6 is 0 Å². The van der Waals surface area contributed by atoms with Crippen LogP contribution in [0.1, 0.15) is 56.8 Å². The van der Waals surface area contributed by atoms with Crippen LogP contribution in [0.5, 0.6) is 0 Å². The zero-order valence-corrected chi connectivity index (χ0v) is 15.7. The number of anilines is 1. The van der Waals surface area contributed by atoms with Gasteiger partial charge in [0, 0.05) is 6.54 Å². The molecule has 6 nitrogen and oxygen atoms in total. The third-order valence-electron chi connectivity index (χ3n) is 4.66. The van der Waals surface area contributed by atoms with Crippen molar-refractivity contribution in [3.8, 4) is 0 Å². The van der Waals surface area contributed by atoms with E-state index in [1.807, 2.05) is 42.7 Å². The number of nitrogen functional groups attached to an aromatic ring is 1. The van der Waals surface area contributed by atoms with Crippen LogP contribution in [0.25, 0.3) is 22.2 Å². The molecule has 2 aromatic heterocycles. The fourth-order valence-corrected chi connectivity index (χ4v) is 2.99. The van der Waals surface area contributed by atoms with E-state index in [2.05, 4.69) is 11.9 Å². The first-order valence-electron chi connectivity index (χ1n) is 9.32. The molecule has 0 saturated heterocycles. The van der Waals surface area contributed by atoms with Gasteiger partial charge in [0.25, 0.3) is 0 Å². The van der Waals surface area contributed by atoms with Crippen LogP contribution in [0.3, 0.4) is 0 Å². The molecule has 0 aliphatic heterocycles. The molecular weight excluding hydrogens is 328 g/mol. The lowest BCUT2D eigenvalue weighted by Crippen LogP contribution is -2.16. The number of unbranched alkanes of at least 4 members (excludes halogenated alkanes) is 2. The van der Waals surface area contributed by atoms with E-state index in [1.54, 1.807) is 0 Å². The summed E-state index contributed by atoms with van der Waals surface area (Å²) in [5, 5.41) is 0. The predicted octanol–water partition coefficient (Wildman–Crippen LogP) is 4.31. The number of fused-ring (bicyclic) bond motifs is 2. The number of carbonyl (C=O) groups excluding carboxylic acids is 1. The number of rotatable bonds is 7. The summed E-state index contributed by atoms with van der Waals surface area (Å²) < 4.78 is 7.43. The highest BCUT2D eigenvalue weighted by Gasteiger charge is 2.25. The van der Waals surface area contributed by atoms with Gasteiger partial charge in [-0.2, -0.15) is 0 Å². The highest BCUT2D eigenvalue weighted by Crippen LogP contribution is 2.29. The van der Waals surface area contributed by atoms with Crippen LogP contribution in [-0.2, 0) is 11.3 Å². The van der Waals surface area contributed by atoms with E-state index in [9.17, 15) is 4.79 Å². The minimum Gasteiger partial charge on any atom is -0.459 e. The van der Waals surface area contributed by atoms with Crippen LogP contribution < -0.4 is 5.73 Å². The second-order valence-corrected chi connectivity index (χ2v) is 6.63. The number of nitrogens with zero attached hydrogens (tertiary/aromatic N) is 3. The number of hydrogen-bond acceptors (Lipinski definition) is 5. The lowest BCUT2D eigenvalue weighted by atomic mass is 10.2. The molecule has 1 atom stereocenters. The molecule has 0 amide bonds. The topological polar surface area (TPSA) is 83.0 Å². The van der Waals surface area contributed by atoms with Gasteiger partial charge < -0.3 is 15.0 Å². The first-order valence-corrected chi connectivity index (χ1v) is 9.32. The van der Waals surface area contributed by atoms with Gasteiger partial charge in [-0.15, -0.1) is 0 Å². The highest BCUT2D eigenvalue weighted by molar-refractivity contribution is 6.08. The Morgan fingerprint density at radius 1 is 1.19 bits per heavy atom. The summed E-state index contributed by atoms with van der Waals surface area (Å²) >= 11 is 0. The number of nitrogens with two attached hydrogens (primary N) is 1. The molecule has 2 heterocycles. The number of aryl methyl sites for hydroxylation is 1. The average molecular weight is 354 g/mol. The Balaban J connectivity index is 2.16. The summed E-state index contributed by atoms with van der Waals surface area (Å²) in [6, 6.07) is 7.63. The SMILES string of the molecule is CCCCCn1c(N)c(C(=O)OC(C)CC)c2nc3ccccc3nc21. The van der Waals surface area contributed by atoms with Crippen molar-refractivity contribution < 1.29 is 9.53 Å². The summed E-state index contributed by atoms with van der Waals surface area (Å²) in [7, 11) is 0. The molecule has 3 aromatic rings. The lowest BCUT2D eigenvalue weighted by Gasteiger charge is -2.11.